The van der Waals surface area contributed by atoms with Gasteiger partial charge in [0.25, 0.3) is 5.91 Å². The highest BCUT2D eigenvalue weighted by molar-refractivity contribution is 8.13. The SMILES string of the molecule is O=C(O)CCSC(=NC(=O)c1ccccc1)N1CCOCC1. The molecule has 1 fully saturated rings. The molecule has 0 aromatic heterocycles. The standard InChI is InChI=1S/C15H18N2O4S/c18-13(19)6-11-22-15(17-7-9-21-10-8-17)16-14(20)12-4-2-1-3-5-12/h1-5H,6-11H2,(H,18,19). The Bertz CT molecular complexity index is 542. The van der Waals surface area contributed by atoms with Crippen molar-refractivity contribution < 1.29 is 19.4 Å². The summed E-state index contributed by atoms with van der Waals surface area (Å²) in [5.41, 5.74) is 0.520. The number of aliphatic imine (C=N–C) groups is 1. The maximum absolute atomic E-state index is 12.2. The average molecular weight is 322 g/mol. The largest absolute Gasteiger partial charge is 0.481 e. The van der Waals surface area contributed by atoms with Crippen molar-refractivity contribution >= 4 is 28.8 Å². The highest BCUT2D eigenvalue weighted by atomic mass is 32.2. The normalized spacial score (nSPS) is 15.6. The minimum Gasteiger partial charge on any atom is -0.481 e. The van der Waals surface area contributed by atoms with Crippen LogP contribution >= 0.6 is 11.8 Å². The molecule has 22 heavy (non-hydrogen) atoms. The quantitative estimate of drug-likeness (QED) is 0.672. The monoisotopic (exact) mass is 322 g/mol. The zero-order valence-corrected chi connectivity index (χ0v) is 12.9. The van der Waals surface area contributed by atoms with Crippen molar-refractivity contribution in [1.29, 1.82) is 0 Å². The van der Waals surface area contributed by atoms with Crippen LogP contribution in [-0.4, -0.2) is 59.1 Å². The molecule has 2 rings (SSSR count). The van der Waals surface area contributed by atoms with Gasteiger partial charge in [-0.1, -0.05) is 30.0 Å². The summed E-state index contributed by atoms with van der Waals surface area (Å²) in [5.74, 6) is -0.790. The maximum Gasteiger partial charge on any atom is 0.304 e. The number of aliphatic carboxylic acids is 1. The number of hydrogen-bond donors (Lipinski definition) is 1. The molecule has 1 aliphatic rings. The van der Waals surface area contributed by atoms with Gasteiger partial charge in [-0.2, -0.15) is 4.99 Å². The Morgan fingerprint density at radius 1 is 1.23 bits per heavy atom. The summed E-state index contributed by atoms with van der Waals surface area (Å²) in [6.45, 7) is 2.47. The molecule has 6 nitrogen and oxygen atoms in total. The Morgan fingerprint density at radius 2 is 1.91 bits per heavy atom. The van der Waals surface area contributed by atoms with E-state index in [1.807, 2.05) is 11.0 Å². The predicted molar refractivity (Wildman–Crippen MR) is 85.3 cm³/mol. The van der Waals surface area contributed by atoms with E-state index in [1.165, 1.54) is 11.8 Å². The number of carboxylic acid groups (broad SMARTS) is 1. The molecule has 0 spiro atoms. The van der Waals surface area contributed by atoms with E-state index in [2.05, 4.69) is 4.99 Å². The minimum atomic E-state index is -0.858. The van der Waals surface area contributed by atoms with Crippen molar-refractivity contribution in [2.24, 2.45) is 4.99 Å². The smallest absolute Gasteiger partial charge is 0.304 e. The van der Waals surface area contributed by atoms with Crippen LogP contribution in [0.1, 0.15) is 16.8 Å². The van der Waals surface area contributed by atoms with Crippen LogP contribution in [0, 0.1) is 0 Å². The number of benzene rings is 1. The van der Waals surface area contributed by atoms with E-state index in [0.29, 0.717) is 42.8 Å². The van der Waals surface area contributed by atoms with E-state index in [0.717, 1.165) is 0 Å². The summed E-state index contributed by atoms with van der Waals surface area (Å²) in [6, 6.07) is 8.84. The fourth-order valence-corrected chi connectivity index (χ4v) is 2.88. The second-order valence-corrected chi connectivity index (χ2v) is 5.72. The second kappa shape index (κ2) is 8.55. The van der Waals surface area contributed by atoms with Crippen molar-refractivity contribution in [2.75, 3.05) is 32.1 Å². The predicted octanol–water partition coefficient (Wildman–Crippen LogP) is 1.72. The summed E-state index contributed by atoms with van der Waals surface area (Å²) in [4.78, 5) is 29.0. The van der Waals surface area contributed by atoms with Gasteiger partial charge in [0.15, 0.2) is 5.17 Å². The van der Waals surface area contributed by atoms with Crippen molar-refractivity contribution in [2.45, 2.75) is 6.42 Å². The van der Waals surface area contributed by atoms with Crippen LogP contribution in [0.3, 0.4) is 0 Å². The zero-order valence-electron chi connectivity index (χ0n) is 12.1. The zero-order chi connectivity index (χ0) is 15.8. The molecule has 0 unspecified atom stereocenters. The second-order valence-electron chi connectivity index (χ2n) is 4.66. The van der Waals surface area contributed by atoms with Gasteiger partial charge in [-0.3, -0.25) is 9.59 Å². The molecule has 1 saturated heterocycles. The lowest BCUT2D eigenvalue weighted by Crippen LogP contribution is -2.40. The summed E-state index contributed by atoms with van der Waals surface area (Å²) in [7, 11) is 0. The van der Waals surface area contributed by atoms with Gasteiger partial charge in [0, 0.05) is 24.4 Å². The highest BCUT2D eigenvalue weighted by Crippen LogP contribution is 2.14. The van der Waals surface area contributed by atoms with Crippen LogP contribution in [-0.2, 0) is 9.53 Å². The van der Waals surface area contributed by atoms with Crippen molar-refractivity contribution in [3.63, 3.8) is 0 Å². The van der Waals surface area contributed by atoms with E-state index < -0.39 is 5.97 Å². The molecule has 7 heteroatoms. The van der Waals surface area contributed by atoms with Crippen molar-refractivity contribution in [3.8, 4) is 0 Å². The number of amidine groups is 1. The lowest BCUT2D eigenvalue weighted by Gasteiger charge is -2.29. The summed E-state index contributed by atoms with van der Waals surface area (Å²) in [6.07, 6.45) is 0.0353. The van der Waals surface area contributed by atoms with Crippen LogP contribution in [0.4, 0.5) is 0 Å². The van der Waals surface area contributed by atoms with E-state index in [4.69, 9.17) is 9.84 Å². The summed E-state index contributed by atoms with van der Waals surface area (Å²) < 4.78 is 5.30. The number of amides is 1. The third-order valence-corrected chi connectivity index (χ3v) is 4.06. The Hall–Kier alpha value is -1.86. The fraction of sp³-hybridized carbons (Fsp3) is 0.400. The number of hydrogen-bond acceptors (Lipinski definition) is 4. The molecule has 0 radical (unpaired) electrons. The molecule has 1 heterocycles. The molecule has 1 aromatic carbocycles. The number of nitrogens with zero attached hydrogens (tertiary/aromatic N) is 2. The maximum atomic E-state index is 12.2. The topological polar surface area (TPSA) is 79.2 Å². The number of carbonyl (C=O) groups is 2. The van der Waals surface area contributed by atoms with Crippen LogP contribution < -0.4 is 0 Å². The average Bonchev–Trinajstić information content (AvgIpc) is 2.55. The van der Waals surface area contributed by atoms with Gasteiger partial charge >= 0.3 is 5.97 Å². The van der Waals surface area contributed by atoms with E-state index >= 15 is 0 Å². The molecule has 0 bridgehead atoms. The number of thioether (sulfide) groups is 1. The lowest BCUT2D eigenvalue weighted by molar-refractivity contribution is -0.136. The molecule has 118 valence electrons. The van der Waals surface area contributed by atoms with Gasteiger partial charge in [-0.05, 0) is 12.1 Å². The summed E-state index contributed by atoms with van der Waals surface area (Å²) >= 11 is 1.30. The minimum absolute atomic E-state index is 0.0353. The van der Waals surface area contributed by atoms with Crippen LogP contribution in [0.15, 0.2) is 35.3 Å². The number of carboxylic acids is 1. The molecule has 1 aromatic rings. The number of rotatable bonds is 4. The van der Waals surface area contributed by atoms with Crippen LogP contribution in [0.2, 0.25) is 0 Å². The fourth-order valence-electron chi connectivity index (χ4n) is 1.91. The van der Waals surface area contributed by atoms with Crippen molar-refractivity contribution in [1.82, 2.24) is 4.90 Å². The van der Waals surface area contributed by atoms with Gasteiger partial charge in [0.2, 0.25) is 0 Å². The number of ether oxygens (including phenoxy) is 1. The first-order valence-electron chi connectivity index (χ1n) is 7.02. The third kappa shape index (κ3) is 5.16. The Morgan fingerprint density at radius 3 is 2.55 bits per heavy atom. The first-order valence-corrected chi connectivity index (χ1v) is 8.01. The van der Waals surface area contributed by atoms with Gasteiger partial charge < -0.3 is 14.7 Å². The van der Waals surface area contributed by atoms with Gasteiger partial charge in [0.1, 0.15) is 0 Å². The van der Waals surface area contributed by atoms with Gasteiger partial charge in [-0.25, -0.2) is 0 Å². The molecule has 0 saturated carbocycles. The van der Waals surface area contributed by atoms with E-state index in [-0.39, 0.29) is 12.3 Å². The first-order chi connectivity index (χ1) is 10.7. The Labute approximate surface area is 133 Å². The molecule has 1 N–H and O–H groups in total. The van der Waals surface area contributed by atoms with Gasteiger partial charge in [-0.15, -0.1) is 0 Å². The van der Waals surface area contributed by atoms with E-state index in [9.17, 15) is 9.59 Å². The van der Waals surface area contributed by atoms with Crippen LogP contribution in [0.25, 0.3) is 0 Å². The molecule has 1 amide bonds. The molecule has 1 aliphatic heterocycles. The van der Waals surface area contributed by atoms with Crippen LogP contribution in [0.5, 0.6) is 0 Å². The number of morpholine rings is 1. The Balaban J connectivity index is 2.09. The third-order valence-electron chi connectivity index (χ3n) is 3.05. The van der Waals surface area contributed by atoms with Gasteiger partial charge in [0.05, 0.1) is 19.6 Å². The molecule has 0 atom stereocenters. The Kier molecular flexibility index (Phi) is 6.42. The number of carbonyl (C=O) groups excluding carboxylic acids is 1. The molecule has 0 aliphatic carbocycles. The molecular formula is C15H18N2O4S. The first kappa shape index (κ1) is 16.5. The van der Waals surface area contributed by atoms with Crippen molar-refractivity contribution in [3.05, 3.63) is 35.9 Å². The van der Waals surface area contributed by atoms with E-state index in [1.54, 1.807) is 24.3 Å². The highest BCUT2D eigenvalue weighted by Gasteiger charge is 2.18. The lowest BCUT2D eigenvalue weighted by atomic mass is 10.2. The summed E-state index contributed by atoms with van der Waals surface area (Å²) in [5, 5.41) is 9.31. The molecular weight excluding hydrogens is 304 g/mol.